The van der Waals surface area contributed by atoms with E-state index in [1.54, 1.807) is 0 Å². The molecule has 0 heterocycles. The molecule has 4 heteroatoms. The Morgan fingerprint density at radius 3 is 1.67 bits per heavy atom. The van der Waals surface area contributed by atoms with Crippen molar-refractivity contribution in [2.75, 3.05) is 13.2 Å². The summed E-state index contributed by atoms with van der Waals surface area (Å²) < 4.78 is 0. The first-order chi connectivity index (χ1) is 7.22. The Balaban J connectivity index is 0.000000288. The SMILES string of the molecule is NC(N)c1ccccc1.OCCCCO. The van der Waals surface area contributed by atoms with Gasteiger partial charge in [-0.3, -0.25) is 0 Å². The van der Waals surface area contributed by atoms with Gasteiger partial charge in [-0.25, -0.2) is 0 Å². The van der Waals surface area contributed by atoms with E-state index in [2.05, 4.69) is 0 Å². The Morgan fingerprint density at radius 1 is 0.933 bits per heavy atom. The highest BCUT2D eigenvalue weighted by atomic mass is 16.3. The van der Waals surface area contributed by atoms with E-state index in [0.29, 0.717) is 0 Å². The molecule has 0 aliphatic rings. The number of aliphatic hydroxyl groups is 2. The maximum Gasteiger partial charge on any atom is 0.0784 e. The van der Waals surface area contributed by atoms with Crippen LogP contribution in [-0.2, 0) is 0 Å². The molecule has 0 aliphatic carbocycles. The molecule has 0 amide bonds. The third kappa shape index (κ3) is 8.08. The summed E-state index contributed by atoms with van der Waals surface area (Å²) in [7, 11) is 0. The standard InChI is InChI=1S/C7H10N2.C4H10O2/c8-7(9)6-4-2-1-3-5-6;5-3-1-2-4-6/h1-5,7H,8-9H2;5-6H,1-4H2. The molecule has 6 N–H and O–H groups in total. The number of rotatable bonds is 4. The molecule has 1 aromatic carbocycles. The first-order valence-corrected chi connectivity index (χ1v) is 5.00. The average molecular weight is 212 g/mol. The molecule has 0 aliphatic heterocycles. The molecule has 4 nitrogen and oxygen atoms in total. The lowest BCUT2D eigenvalue weighted by molar-refractivity contribution is 0.242. The Morgan fingerprint density at radius 2 is 1.40 bits per heavy atom. The summed E-state index contributed by atoms with van der Waals surface area (Å²) in [5.41, 5.74) is 11.8. The predicted octanol–water partition coefficient (Wildman–Crippen LogP) is 0.354. The highest BCUT2D eigenvalue weighted by Crippen LogP contribution is 2.01. The molecule has 0 aromatic heterocycles. The molecule has 0 saturated heterocycles. The van der Waals surface area contributed by atoms with Gasteiger partial charge in [0.1, 0.15) is 0 Å². The lowest BCUT2D eigenvalue weighted by atomic mass is 10.2. The molecule has 0 saturated carbocycles. The van der Waals surface area contributed by atoms with E-state index in [4.69, 9.17) is 21.7 Å². The number of unbranched alkanes of at least 4 members (excludes halogenated alkanes) is 1. The van der Waals surface area contributed by atoms with Crippen molar-refractivity contribution >= 4 is 0 Å². The molecule has 0 radical (unpaired) electrons. The molecule has 1 aromatic rings. The molecule has 0 bridgehead atoms. The van der Waals surface area contributed by atoms with E-state index in [0.717, 1.165) is 18.4 Å². The van der Waals surface area contributed by atoms with Gasteiger partial charge in [-0.05, 0) is 18.4 Å². The van der Waals surface area contributed by atoms with Crippen molar-refractivity contribution in [3.8, 4) is 0 Å². The van der Waals surface area contributed by atoms with Crippen LogP contribution in [0.5, 0.6) is 0 Å². The molecular weight excluding hydrogens is 192 g/mol. The van der Waals surface area contributed by atoms with Gasteiger partial charge in [-0.2, -0.15) is 0 Å². The molecule has 0 unspecified atom stereocenters. The number of aliphatic hydroxyl groups excluding tert-OH is 2. The van der Waals surface area contributed by atoms with E-state index in [1.165, 1.54) is 0 Å². The van der Waals surface area contributed by atoms with Crippen LogP contribution in [0.4, 0.5) is 0 Å². The first kappa shape index (κ1) is 14.1. The van der Waals surface area contributed by atoms with E-state index in [-0.39, 0.29) is 19.4 Å². The smallest absolute Gasteiger partial charge is 0.0784 e. The fourth-order valence-corrected chi connectivity index (χ4v) is 0.899. The zero-order chi connectivity index (χ0) is 11.5. The fraction of sp³-hybridized carbons (Fsp3) is 0.455. The van der Waals surface area contributed by atoms with Crippen molar-refractivity contribution in [2.24, 2.45) is 11.5 Å². The van der Waals surface area contributed by atoms with Gasteiger partial charge >= 0.3 is 0 Å². The molecular formula is C11H20N2O2. The van der Waals surface area contributed by atoms with Crippen molar-refractivity contribution in [1.82, 2.24) is 0 Å². The lowest BCUT2D eigenvalue weighted by Crippen LogP contribution is -2.19. The van der Waals surface area contributed by atoms with Crippen LogP contribution in [0.25, 0.3) is 0 Å². The minimum atomic E-state index is -0.341. The second kappa shape index (κ2) is 9.61. The van der Waals surface area contributed by atoms with Crippen molar-refractivity contribution in [1.29, 1.82) is 0 Å². The zero-order valence-corrected chi connectivity index (χ0v) is 8.84. The largest absolute Gasteiger partial charge is 0.396 e. The summed E-state index contributed by atoms with van der Waals surface area (Å²) in [6.45, 7) is 0.390. The average Bonchev–Trinajstić information content (AvgIpc) is 2.28. The normalized spacial score (nSPS) is 9.67. The van der Waals surface area contributed by atoms with Crippen molar-refractivity contribution < 1.29 is 10.2 Å². The van der Waals surface area contributed by atoms with Gasteiger partial charge in [0.15, 0.2) is 0 Å². The van der Waals surface area contributed by atoms with Crippen molar-refractivity contribution in [2.45, 2.75) is 19.0 Å². The molecule has 15 heavy (non-hydrogen) atoms. The van der Waals surface area contributed by atoms with E-state index in [9.17, 15) is 0 Å². The second-order valence-corrected chi connectivity index (χ2v) is 3.09. The first-order valence-electron chi connectivity index (χ1n) is 5.00. The highest BCUT2D eigenvalue weighted by Gasteiger charge is 1.93. The van der Waals surface area contributed by atoms with Crippen LogP contribution in [-0.4, -0.2) is 23.4 Å². The maximum atomic E-state index is 8.09. The van der Waals surface area contributed by atoms with Crippen LogP contribution in [0.2, 0.25) is 0 Å². The molecule has 86 valence electrons. The van der Waals surface area contributed by atoms with E-state index in [1.807, 2.05) is 30.3 Å². The van der Waals surface area contributed by atoms with Crippen LogP contribution in [0.1, 0.15) is 24.6 Å². The fourth-order valence-electron chi connectivity index (χ4n) is 0.899. The monoisotopic (exact) mass is 212 g/mol. The van der Waals surface area contributed by atoms with Crippen LogP contribution in [0, 0.1) is 0 Å². The summed E-state index contributed by atoms with van der Waals surface area (Å²) in [5.74, 6) is 0. The summed E-state index contributed by atoms with van der Waals surface area (Å²) in [6.07, 6.45) is 1.10. The summed E-state index contributed by atoms with van der Waals surface area (Å²) in [4.78, 5) is 0. The molecule has 1 rings (SSSR count). The predicted molar refractivity (Wildman–Crippen MR) is 61.0 cm³/mol. The topological polar surface area (TPSA) is 92.5 Å². The third-order valence-corrected chi connectivity index (χ3v) is 1.75. The minimum Gasteiger partial charge on any atom is -0.396 e. The highest BCUT2D eigenvalue weighted by molar-refractivity contribution is 5.16. The van der Waals surface area contributed by atoms with Gasteiger partial charge < -0.3 is 21.7 Å². The van der Waals surface area contributed by atoms with Gasteiger partial charge in [-0.15, -0.1) is 0 Å². The summed E-state index contributed by atoms with van der Waals surface area (Å²) in [6, 6.07) is 9.59. The Labute approximate surface area is 90.5 Å². The van der Waals surface area contributed by atoms with E-state index < -0.39 is 0 Å². The Kier molecular flexibility index (Phi) is 9.01. The second-order valence-electron chi connectivity index (χ2n) is 3.09. The Hall–Kier alpha value is -0.940. The van der Waals surface area contributed by atoms with Crippen LogP contribution in [0.3, 0.4) is 0 Å². The summed E-state index contributed by atoms with van der Waals surface area (Å²) in [5, 5.41) is 16.2. The quantitative estimate of drug-likeness (QED) is 0.428. The molecule has 0 spiro atoms. The molecule has 0 fully saturated rings. The van der Waals surface area contributed by atoms with Crippen LogP contribution in [0.15, 0.2) is 30.3 Å². The third-order valence-electron chi connectivity index (χ3n) is 1.75. The van der Waals surface area contributed by atoms with Crippen molar-refractivity contribution in [3.63, 3.8) is 0 Å². The maximum absolute atomic E-state index is 8.09. The van der Waals surface area contributed by atoms with Gasteiger partial charge in [0, 0.05) is 13.2 Å². The zero-order valence-electron chi connectivity index (χ0n) is 8.84. The minimum absolute atomic E-state index is 0.195. The van der Waals surface area contributed by atoms with E-state index >= 15 is 0 Å². The van der Waals surface area contributed by atoms with Gasteiger partial charge in [0.25, 0.3) is 0 Å². The van der Waals surface area contributed by atoms with Gasteiger partial charge in [0.05, 0.1) is 6.17 Å². The van der Waals surface area contributed by atoms with Gasteiger partial charge in [0.2, 0.25) is 0 Å². The van der Waals surface area contributed by atoms with Crippen molar-refractivity contribution in [3.05, 3.63) is 35.9 Å². The number of nitrogens with two attached hydrogens (primary N) is 2. The number of hydrogen-bond donors (Lipinski definition) is 4. The summed E-state index contributed by atoms with van der Waals surface area (Å²) >= 11 is 0. The lowest BCUT2D eigenvalue weighted by Gasteiger charge is -2.02. The Bertz CT molecular complexity index is 223. The van der Waals surface area contributed by atoms with Gasteiger partial charge in [-0.1, -0.05) is 30.3 Å². The van der Waals surface area contributed by atoms with Crippen LogP contribution < -0.4 is 11.5 Å². The van der Waals surface area contributed by atoms with Crippen LogP contribution >= 0.6 is 0 Å². The number of benzene rings is 1. The molecule has 0 atom stereocenters. The number of hydrogen-bond acceptors (Lipinski definition) is 4.